The lowest BCUT2D eigenvalue weighted by molar-refractivity contribution is 0.639. The molecule has 20 heavy (non-hydrogen) atoms. The Balaban J connectivity index is 2.31. The molecule has 1 aromatic heterocycles. The van der Waals surface area contributed by atoms with Crippen LogP contribution in [0.2, 0.25) is 5.15 Å². The molecule has 0 aliphatic heterocycles. The first-order valence-electron chi connectivity index (χ1n) is 6.39. The molecule has 0 saturated heterocycles. The third-order valence-corrected chi connectivity index (χ3v) is 2.96. The first-order chi connectivity index (χ1) is 9.58. The van der Waals surface area contributed by atoms with E-state index in [-0.39, 0.29) is 16.6 Å². The molecule has 4 heteroatoms. The number of rotatable bonds is 2. The largest absolute Gasteiger partial charge is 0.285 e. The van der Waals surface area contributed by atoms with Gasteiger partial charge in [0.25, 0.3) is 5.56 Å². The molecule has 1 heterocycles. The highest BCUT2D eigenvalue weighted by Gasteiger charge is 2.10. The predicted octanol–water partition coefficient (Wildman–Crippen LogP) is 3.07. The Labute approximate surface area is 123 Å². The van der Waals surface area contributed by atoms with Crippen molar-refractivity contribution in [1.29, 1.82) is 0 Å². The summed E-state index contributed by atoms with van der Waals surface area (Å²) in [6.07, 6.45) is 0. The molecule has 2 rings (SSSR count). The number of hydrogen-bond donors (Lipinski definition) is 0. The number of benzene rings is 1. The lowest BCUT2D eigenvalue weighted by atomic mass is 10.2. The van der Waals surface area contributed by atoms with Crippen molar-refractivity contribution in [3.05, 3.63) is 63.3 Å². The SMILES string of the molecule is CC(C)c1nc(Cl)cc(=O)n1CC#Cc1ccccc1. The first kappa shape index (κ1) is 14.4. The van der Waals surface area contributed by atoms with E-state index in [4.69, 9.17) is 11.6 Å². The molecule has 102 valence electrons. The Morgan fingerprint density at radius 3 is 2.65 bits per heavy atom. The monoisotopic (exact) mass is 286 g/mol. The predicted molar refractivity (Wildman–Crippen MR) is 80.9 cm³/mol. The standard InChI is InChI=1S/C16H15ClN2O/c1-12(2)16-18-14(17)11-15(20)19(16)10-6-9-13-7-4-3-5-8-13/h3-5,7-8,11-12H,10H2,1-2H3. The van der Waals surface area contributed by atoms with Gasteiger partial charge in [-0.3, -0.25) is 9.36 Å². The molecule has 0 N–H and O–H groups in total. The second kappa shape index (κ2) is 6.40. The third kappa shape index (κ3) is 3.49. The van der Waals surface area contributed by atoms with Crippen LogP contribution in [0.5, 0.6) is 0 Å². The minimum absolute atomic E-state index is 0.111. The molecule has 3 nitrogen and oxygen atoms in total. The van der Waals surface area contributed by atoms with Crippen molar-refractivity contribution in [2.24, 2.45) is 0 Å². The highest BCUT2D eigenvalue weighted by atomic mass is 35.5. The van der Waals surface area contributed by atoms with Crippen LogP contribution in [0.25, 0.3) is 0 Å². The topological polar surface area (TPSA) is 34.9 Å². The molecule has 0 bridgehead atoms. The van der Waals surface area contributed by atoms with Crippen LogP contribution in [0.4, 0.5) is 0 Å². The van der Waals surface area contributed by atoms with Gasteiger partial charge in [0.05, 0.1) is 6.54 Å². The van der Waals surface area contributed by atoms with Crippen molar-refractivity contribution < 1.29 is 0 Å². The quantitative estimate of drug-likeness (QED) is 0.628. The second-order valence-electron chi connectivity index (χ2n) is 4.68. The van der Waals surface area contributed by atoms with E-state index in [1.54, 1.807) is 4.57 Å². The Morgan fingerprint density at radius 1 is 1.30 bits per heavy atom. The van der Waals surface area contributed by atoms with E-state index < -0.39 is 0 Å². The summed E-state index contributed by atoms with van der Waals surface area (Å²) in [5.74, 6) is 6.80. The molecule has 0 fully saturated rings. The van der Waals surface area contributed by atoms with Crippen LogP contribution in [0.15, 0.2) is 41.2 Å². The highest BCUT2D eigenvalue weighted by molar-refractivity contribution is 6.29. The van der Waals surface area contributed by atoms with Crippen LogP contribution in [0.1, 0.15) is 31.2 Å². The zero-order valence-electron chi connectivity index (χ0n) is 11.4. The summed E-state index contributed by atoms with van der Waals surface area (Å²) in [5.41, 5.74) is 0.754. The number of nitrogens with zero attached hydrogens (tertiary/aromatic N) is 2. The van der Waals surface area contributed by atoms with Gasteiger partial charge < -0.3 is 0 Å². The van der Waals surface area contributed by atoms with E-state index >= 15 is 0 Å². The molecular formula is C16H15ClN2O. The van der Waals surface area contributed by atoms with Gasteiger partial charge in [-0.25, -0.2) is 4.98 Å². The lowest BCUT2D eigenvalue weighted by Gasteiger charge is -2.11. The molecule has 0 atom stereocenters. The van der Waals surface area contributed by atoms with E-state index in [9.17, 15) is 4.79 Å². The van der Waals surface area contributed by atoms with Crippen LogP contribution >= 0.6 is 11.6 Å². The van der Waals surface area contributed by atoms with E-state index in [1.165, 1.54) is 6.07 Å². The number of hydrogen-bond acceptors (Lipinski definition) is 2. The smallest absolute Gasteiger partial charge is 0.255 e. The van der Waals surface area contributed by atoms with Crippen LogP contribution in [-0.4, -0.2) is 9.55 Å². The maximum Gasteiger partial charge on any atom is 0.255 e. The van der Waals surface area contributed by atoms with Crippen molar-refractivity contribution in [3.8, 4) is 11.8 Å². The summed E-state index contributed by atoms with van der Waals surface area (Å²) >= 11 is 5.84. The van der Waals surface area contributed by atoms with E-state index in [0.717, 1.165) is 5.56 Å². The molecule has 0 aliphatic carbocycles. The van der Waals surface area contributed by atoms with Crippen molar-refractivity contribution >= 4 is 11.6 Å². The Morgan fingerprint density at radius 2 is 2.00 bits per heavy atom. The van der Waals surface area contributed by atoms with E-state index in [0.29, 0.717) is 12.4 Å². The zero-order chi connectivity index (χ0) is 14.5. The van der Waals surface area contributed by atoms with E-state index in [1.807, 2.05) is 44.2 Å². The summed E-state index contributed by atoms with van der Waals surface area (Å²) in [4.78, 5) is 16.2. The van der Waals surface area contributed by atoms with Crippen LogP contribution in [-0.2, 0) is 6.54 Å². The van der Waals surface area contributed by atoms with Gasteiger partial charge in [-0.1, -0.05) is 55.5 Å². The maximum absolute atomic E-state index is 12.0. The van der Waals surface area contributed by atoms with Gasteiger partial charge in [0, 0.05) is 17.5 Å². The van der Waals surface area contributed by atoms with Crippen LogP contribution < -0.4 is 5.56 Å². The normalized spacial score (nSPS) is 10.2. The Bertz CT molecular complexity index is 709. The minimum atomic E-state index is -0.170. The van der Waals surface area contributed by atoms with Crippen LogP contribution in [0, 0.1) is 11.8 Å². The van der Waals surface area contributed by atoms with Gasteiger partial charge in [-0.05, 0) is 12.1 Å². The highest BCUT2D eigenvalue weighted by Crippen LogP contribution is 2.12. The molecule has 0 radical (unpaired) electrons. The Kier molecular flexibility index (Phi) is 4.60. The van der Waals surface area contributed by atoms with Gasteiger partial charge >= 0.3 is 0 Å². The maximum atomic E-state index is 12.0. The Hall–Kier alpha value is -2.05. The number of aromatic nitrogens is 2. The summed E-state index contributed by atoms with van der Waals surface area (Å²) < 4.78 is 1.56. The summed E-state index contributed by atoms with van der Waals surface area (Å²) in [6, 6.07) is 11.0. The van der Waals surface area contributed by atoms with Gasteiger partial charge in [-0.2, -0.15) is 0 Å². The number of halogens is 1. The summed E-state index contributed by atoms with van der Waals surface area (Å²) in [5, 5.41) is 0.228. The molecule has 0 amide bonds. The lowest BCUT2D eigenvalue weighted by Crippen LogP contribution is -2.24. The molecule has 0 spiro atoms. The molecular weight excluding hydrogens is 272 g/mol. The van der Waals surface area contributed by atoms with Gasteiger partial charge in [0.15, 0.2) is 0 Å². The van der Waals surface area contributed by atoms with Crippen molar-refractivity contribution in [1.82, 2.24) is 9.55 Å². The molecule has 1 aromatic carbocycles. The second-order valence-corrected chi connectivity index (χ2v) is 5.07. The average molecular weight is 287 g/mol. The van der Waals surface area contributed by atoms with Crippen molar-refractivity contribution in [2.45, 2.75) is 26.3 Å². The van der Waals surface area contributed by atoms with Gasteiger partial charge in [0.1, 0.15) is 11.0 Å². The van der Waals surface area contributed by atoms with E-state index in [2.05, 4.69) is 16.8 Å². The molecule has 2 aromatic rings. The molecule has 0 saturated carbocycles. The van der Waals surface area contributed by atoms with Gasteiger partial charge in [0.2, 0.25) is 0 Å². The minimum Gasteiger partial charge on any atom is -0.285 e. The fourth-order valence-electron chi connectivity index (χ4n) is 1.84. The first-order valence-corrected chi connectivity index (χ1v) is 6.77. The van der Waals surface area contributed by atoms with Crippen molar-refractivity contribution in [3.63, 3.8) is 0 Å². The summed E-state index contributed by atoms with van der Waals surface area (Å²) in [7, 11) is 0. The fraction of sp³-hybridized carbons (Fsp3) is 0.250. The molecule has 0 aliphatic rings. The molecule has 0 unspecified atom stereocenters. The zero-order valence-corrected chi connectivity index (χ0v) is 12.2. The van der Waals surface area contributed by atoms with Crippen LogP contribution in [0.3, 0.4) is 0 Å². The average Bonchev–Trinajstić information content (AvgIpc) is 2.41. The fourth-order valence-corrected chi connectivity index (χ4v) is 2.02. The third-order valence-electron chi connectivity index (χ3n) is 2.77. The van der Waals surface area contributed by atoms with Crippen molar-refractivity contribution in [2.75, 3.05) is 0 Å². The summed E-state index contributed by atoms with van der Waals surface area (Å²) in [6.45, 7) is 4.25. The van der Waals surface area contributed by atoms with Gasteiger partial charge in [-0.15, -0.1) is 0 Å².